The van der Waals surface area contributed by atoms with Crippen LogP contribution in [-0.4, -0.2) is 5.91 Å². The van der Waals surface area contributed by atoms with Crippen molar-refractivity contribution >= 4 is 23.2 Å². The van der Waals surface area contributed by atoms with Crippen LogP contribution in [0.1, 0.15) is 22.1 Å². The summed E-state index contributed by atoms with van der Waals surface area (Å²) >= 11 is 5.89. The Balaban J connectivity index is 1.97. The maximum atomic E-state index is 12.0. The van der Waals surface area contributed by atoms with Gasteiger partial charge in [-0.15, -0.1) is 0 Å². The highest BCUT2D eigenvalue weighted by atomic mass is 35.5. The Hall–Kier alpha value is -2.00. The SMILES string of the molecule is O=C1NC(c2ccccc2)Nc2ccc(Cl)cc21. The lowest BCUT2D eigenvalue weighted by Gasteiger charge is -2.28. The summed E-state index contributed by atoms with van der Waals surface area (Å²) in [6.07, 6.45) is -0.202. The first-order chi connectivity index (χ1) is 8.74. The highest BCUT2D eigenvalue weighted by Gasteiger charge is 2.24. The Labute approximate surface area is 110 Å². The second-order valence-electron chi connectivity index (χ2n) is 4.15. The van der Waals surface area contributed by atoms with E-state index in [4.69, 9.17) is 11.6 Å². The molecule has 0 radical (unpaired) electrons. The normalized spacial score (nSPS) is 17.6. The number of hydrogen-bond donors (Lipinski definition) is 2. The molecule has 18 heavy (non-hydrogen) atoms. The molecule has 2 aromatic rings. The van der Waals surface area contributed by atoms with Gasteiger partial charge in [-0.1, -0.05) is 41.9 Å². The maximum Gasteiger partial charge on any atom is 0.255 e. The number of nitrogens with one attached hydrogen (secondary N) is 2. The number of hydrogen-bond acceptors (Lipinski definition) is 2. The molecule has 1 aliphatic rings. The van der Waals surface area contributed by atoms with Gasteiger partial charge >= 0.3 is 0 Å². The minimum absolute atomic E-state index is 0.111. The first kappa shape index (κ1) is 11.1. The molecule has 0 saturated carbocycles. The Morgan fingerprint density at radius 1 is 1.00 bits per heavy atom. The number of benzene rings is 2. The van der Waals surface area contributed by atoms with Crippen LogP contribution in [-0.2, 0) is 0 Å². The summed E-state index contributed by atoms with van der Waals surface area (Å²) in [6.45, 7) is 0. The fourth-order valence-electron chi connectivity index (χ4n) is 2.04. The molecule has 0 fully saturated rings. The topological polar surface area (TPSA) is 41.1 Å². The number of amides is 1. The molecule has 0 saturated heterocycles. The molecule has 90 valence electrons. The van der Waals surface area contributed by atoms with Gasteiger partial charge in [0.05, 0.1) is 5.56 Å². The van der Waals surface area contributed by atoms with Crippen LogP contribution in [0.25, 0.3) is 0 Å². The van der Waals surface area contributed by atoms with Crippen LogP contribution in [0, 0.1) is 0 Å². The molecule has 0 spiro atoms. The molecule has 0 aromatic heterocycles. The molecule has 0 aliphatic carbocycles. The van der Waals surface area contributed by atoms with E-state index in [9.17, 15) is 4.79 Å². The molecule has 1 unspecified atom stereocenters. The van der Waals surface area contributed by atoms with Crippen molar-refractivity contribution in [3.05, 3.63) is 64.7 Å². The van der Waals surface area contributed by atoms with Gasteiger partial charge in [0.25, 0.3) is 5.91 Å². The largest absolute Gasteiger partial charge is 0.361 e. The van der Waals surface area contributed by atoms with Crippen molar-refractivity contribution in [3.63, 3.8) is 0 Å². The van der Waals surface area contributed by atoms with Crippen molar-refractivity contribution in [2.45, 2.75) is 6.17 Å². The molecule has 1 heterocycles. The molecular formula is C14H11ClN2O. The van der Waals surface area contributed by atoms with E-state index in [-0.39, 0.29) is 12.1 Å². The van der Waals surface area contributed by atoms with Gasteiger partial charge in [0.2, 0.25) is 0 Å². The predicted octanol–water partition coefficient (Wildman–Crippen LogP) is 3.19. The van der Waals surface area contributed by atoms with Crippen molar-refractivity contribution in [1.29, 1.82) is 0 Å². The van der Waals surface area contributed by atoms with E-state index < -0.39 is 0 Å². The zero-order valence-corrected chi connectivity index (χ0v) is 10.2. The van der Waals surface area contributed by atoms with Crippen molar-refractivity contribution in [1.82, 2.24) is 5.32 Å². The van der Waals surface area contributed by atoms with Gasteiger partial charge in [-0.3, -0.25) is 4.79 Å². The summed E-state index contributed by atoms with van der Waals surface area (Å²) in [7, 11) is 0. The third-order valence-corrected chi connectivity index (χ3v) is 3.17. The smallest absolute Gasteiger partial charge is 0.255 e. The van der Waals surface area contributed by atoms with E-state index in [1.165, 1.54) is 0 Å². The molecule has 4 heteroatoms. The summed E-state index contributed by atoms with van der Waals surface area (Å²) in [5.41, 5.74) is 2.40. The molecule has 3 nitrogen and oxygen atoms in total. The summed E-state index contributed by atoms with van der Waals surface area (Å²) < 4.78 is 0. The average Bonchev–Trinajstić information content (AvgIpc) is 2.40. The minimum Gasteiger partial charge on any atom is -0.361 e. The van der Waals surface area contributed by atoms with Crippen LogP contribution in [0.3, 0.4) is 0 Å². The minimum atomic E-state index is -0.202. The van der Waals surface area contributed by atoms with Gasteiger partial charge in [0.15, 0.2) is 0 Å². The lowest BCUT2D eigenvalue weighted by molar-refractivity contribution is 0.0935. The monoisotopic (exact) mass is 258 g/mol. The lowest BCUT2D eigenvalue weighted by Crippen LogP contribution is -2.38. The number of rotatable bonds is 1. The molecule has 1 atom stereocenters. The summed E-state index contributed by atoms with van der Waals surface area (Å²) in [5.74, 6) is -0.111. The predicted molar refractivity (Wildman–Crippen MR) is 71.7 cm³/mol. The summed E-state index contributed by atoms with van der Waals surface area (Å²) in [4.78, 5) is 12.0. The number of fused-ring (bicyclic) bond motifs is 1. The number of halogens is 1. The van der Waals surface area contributed by atoms with E-state index in [2.05, 4.69) is 10.6 Å². The Kier molecular flexibility index (Phi) is 2.68. The van der Waals surface area contributed by atoms with Gasteiger partial charge < -0.3 is 10.6 Å². The third kappa shape index (κ3) is 1.93. The fourth-order valence-corrected chi connectivity index (χ4v) is 2.21. The van der Waals surface area contributed by atoms with Crippen LogP contribution in [0.2, 0.25) is 5.02 Å². The molecule has 3 rings (SSSR count). The highest BCUT2D eigenvalue weighted by molar-refractivity contribution is 6.31. The van der Waals surface area contributed by atoms with Crippen LogP contribution in [0.15, 0.2) is 48.5 Å². The Morgan fingerprint density at radius 2 is 1.78 bits per heavy atom. The van der Waals surface area contributed by atoms with E-state index >= 15 is 0 Å². The Bertz CT molecular complexity index is 598. The van der Waals surface area contributed by atoms with Crippen LogP contribution in [0.5, 0.6) is 0 Å². The second kappa shape index (κ2) is 4.35. The zero-order chi connectivity index (χ0) is 12.5. The molecule has 1 aliphatic heterocycles. The van der Waals surface area contributed by atoms with Crippen LogP contribution in [0.4, 0.5) is 5.69 Å². The molecule has 2 aromatic carbocycles. The van der Waals surface area contributed by atoms with Crippen LogP contribution >= 0.6 is 11.6 Å². The Morgan fingerprint density at radius 3 is 2.56 bits per heavy atom. The maximum absolute atomic E-state index is 12.0. The van der Waals surface area contributed by atoms with Crippen molar-refractivity contribution in [2.24, 2.45) is 0 Å². The zero-order valence-electron chi connectivity index (χ0n) is 9.48. The van der Waals surface area contributed by atoms with Gasteiger partial charge in [0, 0.05) is 10.7 Å². The van der Waals surface area contributed by atoms with E-state index in [0.29, 0.717) is 10.6 Å². The van der Waals surface area contributed by atoms with Gasteiger partial charge in [0.1, 0.15) is 6.17 Å². The first-order valence-corrected chi connectivity index (χ1v) is 6.04. The lowest BCUT2D eigenvalue weighted by atomic mass is 10.1. The molecular weight excluding hydrogens is 248 g/mol. The number of anilines is 1. The summed E-state index contributed by atoms with van der Waals surface area (Å²) in [6, 6.07) is 15.0. The van der Waals surface area contributed by atoms with Gasteiger partial charge in [-0.2, -0.15) is 0 Å². The van der Waals surface area contributed by atoms with Crippen molar-refractivity contribution < 1.29 is 4.79 Å². The average molecular weight is 259 g/mol. The third-order valence-electron chi connectivity index (χ3n) is 2.93. The standard InChI is InChI=1S/C14H11ClN2O/c15-10-6-7-12-11(8-10)14(18)17-13(16-12)9-4-2-1-3-5-9/h1-8,13,16H,(H,17,18). The summed E-state index contributed by atoms with van der Waals surface area (Å²) in [5, 5.41) is 6.75. The molecule has 0 bridgehead atoms. The quantitative estimate of drug-likeness (QED) is 0.825. The van der Waals surface area contributed by atoms with E-state index in [0.717, 1.165) is 11.3 Å². The van der Waals surface area contributed by atoms with Crippen LogP contribution < -0.4 is 10.6 Å². The number of carbonyl (C=O) groups excluding carboxylic acids is 1. The molecule has 2 N–H and O–H groups in total. The van der Waals surface area contributed by atoms with Gasteiger partial charge in [-0.25, -0.2) is 0 Å². The molecule has 1 amide bonds. The highest BCUT2D eigenvalue weighted by Crippen LogP contribution is 2.28. The van der Waals surface area contributed by atoms with Crippen molar-refractivity contribution in [3.8, 4) is 0 Å². The second-order valence-corrected chi connectivity index (χ2v) is 4.59. The van der Waals surface area contributed by atoms with Crippen molar-refractivity contribution in [2.75, 3.05) is 5.32 Å². The van der Waals surface area contributed by atoms with Gasteiger partial charge in [-0.05, 0) is 23.8 Å². The first-order valence-electron chi connectivity index (χ1n) is 5.66. The van der Waals surface area contributed by atoms with E-state index in [1.807, 2.05) is 36.4 Å². The van der Waals surface area contributed by atoms with E-state index in [1.54, 1.807) is 12.1 Å². The number of carbonyl (C=O) groups is 1. The fraction of sp³-hybridized carbons (Fsp3) is 0.0714.